The second-order valence-electron chi connectivity index (χ2n) is 6.88. The maximum atomic E-state index is 12.3. The van der Waals surface area contributed by atoms with E-state index in [-0.39, 0.29) is 6.03 Å². The highest BCUT2D eigenvalue weighted by Crippen LogP contribution is 2.32. The summed E-state index contributed by atoms with van der Waals surface area (Å²) in [6, 6.07) is 8.81. The van der Waals surface area contributed by atoms with Crippen LogP contribution in [-0.4, -0.2) is 46.2 Å². The molecule has 0 aliphatic carbocycles. The Hall–Kier alpha value is -3.26. The van der Waals surface area contributed by atoms with Gasteiger partial charge >= 0.3 is 6.03 Å². The first-order chi connectivity index (χ1) is 13.3. The zero-order valence-electron chi connectivity index (χ0n) is 14.6. The van der Waals surface area contributed by atoms with E-state index in [0.29, 0.717) is 23.6 Å². The van der Waals surface area contributed by atoms with Crippen LogP contribution < -0.4 is 20.9 Å². The SMILES string of the molecule is O=C(Nc1cnccn1)Nc1ccnc2cc(N3CC4CC3CN4)ccc12. The lowest BCUT2D eigenvalue weighted by Gasteiger charge is -2.29. The van der Waals surface area contributed by atoms with Crippen molar-refractivity contribution in [1.29, 1.82) is 0 Å². The van der Waals surface area contributed by atoms with E-state index < -0.39 is 0 Å². The number of urea groups is 1. The summed E-state index contributed by atoms with van der Waals surface area (Å²) in [4.78, 5) is 27.2. The summed E-state index contributed by atoms with van der Waals surface area (Å²) >= 11 is 0. The van der Waals surface area contributed by atoms with Crippen molar-refractivity contribution in [3.05, 3.63) is 49.1 Å². The molecule has 0 spiro atoms. The highest BCUT2D eigenvalue weighted by atomic mass is 16.2. The third-order valence-corrected chi connectivity index (χ3v) is 5.17. The number of carbonyl (C=O) groups excluding carboxylic acids is 1. The second kappa shape index (κ2) is 6.48. The van der Waals surface area contributed by atoms with Crippen molar-refractivity contribution in [3.8, 4) is 0 Å². The molecule has 2 unspecified atom stereocenters. The molecule has 0 saturated carbocycles. The van der Waals surface area contributed by atoms with Gasteiger partial charge in [0.1, 0.15) is 0 Å². The number of nitrogens with one attached hydrogen (secondary N) is 3. The molecule has 1 aromatic carbocycles. The molecular weight excluding hydrogens is 342 g/mol. The number of nitrogens with zero attached hydrogens (tertiary/aromatic N) is 4. The first kappa shape index (κ1) is 16.0. The summed E-state index contributed by atoms with van der Waals surface area (Å²) in [7, 11) is 0. The zero-order valence-corrected chi connectivity index (χ0v) is 14.6. The Morgan fingerprint density at radius 1 is 1.15 bits per heavy atom. The van der Waals surface area contributed by atoms with Crippen LogP contribution in [0.5, 0.6) is 0 Å². The quantitative estimate of drug-likeness (QED) is 0.662. The fourth-order valence-electron chi connectivity index (χ4n) is 3.93. The summed E-state index contributed by atoms with van der Waals surface area (Å²) in [6.45, 7) is 2.08. The number of benzene rings is 1. The van der Waals surface area contributed by atoms with Crippen LogP contribution in [0, 0.1) is 0 Å². The molecule has 2 amide bonds. The van der Waals surface area contributed by atoms with Gasteiger partial charge in [-0.25, -0.2) is 9.78 Å². The summed E-state index contributed by atoms with van der Waals surface area (Å²) in [5.74, 6) is 0.397. The maximum absolute atomic E-state index is 12.3. The molecule has 27 heavy (non-hydrogen) atoms. The van der Waals surface area contributed by atoms with Crippen LogP contribution in [-0.2, 0) is 0 Å². The lowest BCUT2D eigenvalue weighted by atomic mass is 10.1. The molecule has 8 heteroatoms. The van der Waals surface area contributed by atoms with Gasteiger partial charge in [0.25, 0.3) is 0 Å². The van der Waals surface area contributed by atoms with Gasteiger partial charge in [-0.05, 0) is 30.7 Å². The van der Waals surface area contributed by atoms with E-state index in [1.807, 2.05) is 6.07 Å². The lowest BCUT2D eigenvalue weighted by molar-refractivity contribution is 0.262. The number of anilines is 3. The first-order valence-corrected chi connectivity index (χ1v) is 8.99. The Kier molecular flexibility index (Phi) is 3.83. The Labute approximate surface area is 156 Å². The van der Waals surface area contributed by atoms with Crippen molar-refractivity contribution in [2.75, 3.05) is 28.6 Å². The van der Waals surface area contributed by atoms with Crippen molar-refractivity contribution in [3.63, 3.8) is 0 Å². The number of pyridine rings is 1. The van der Waals surface area contributed by atoms with Gasteiger partial charge in [0.2, 0.25) is 0 Å². The summed E-state index contributed by atoms with van der Waals surface area (Å²) < 4.78 is 0. The normalized spacial score (nSPS) is 20.8. The molecule has 5 rings (SSSR count). The van der Waals surface area contributed by atoms with E-state index in [4.69, 9.17) is 0 Å². The third-order valence-electron chi connectivity index (χ3n) is 5.17. The van der Waals surface area contributed by atoms with E-state index in [1.54, 1.807) is 18.5 Å². The average Bonchev–Trinajstić information content (AvgIpc) is 3.32. The highest BCUT2D eigenvalue weighted by Gasteiger charge is 2.37. The molecule has 4 heterocycles. The van der Waals surface area contributed by atoms with Crippen molar-refractivity contribution >= 4 is 34.1 Å². The molecule has 8 nitrogen and oxygen atoms in total. The molecule has 3 N–H and O–H groups in total. The Morgan fingerprint density at radius 2 is 2.11 bits per heavy atom. The van der Waals surface area contributed by atoms with E-state index in [2.05, 4.69) is 47.9 Å². The smallest absolute Gasteiger partial charge is 0.324 e. The van der Waals surface area contributed by atoms with E-state index >= 15 is 0 Å². The number of hydrogen-bond acceptors (Lipinski definition) is 6. The molecule has 3 aromatic rings. The van der Waals surface area contributed by atoms with Crippen LogP contribution in [0.25, 0.3) is 10.9 Å². The number of fused-ring (bicyclic) bond motifs is 3. The number of rotatable bonds is 3. The molecule has 0 radical (unpaired) electrons. The molecule has 2 aromatic heterocycles. The number of amides is 2. The summed E-state index contributed by atoms with van der Waals surface area (Å²) in [5, 5.41) is 9.96. The van der Waals surface area contributed by atoms with Gasteiger partial charge in [-0.1, -0.05) is 0 Å². The van der Waals surface area contributed by atoms with Gasteiger partial charge in [-0.3, -0.25) is 15.3 Å². The fourth-order valence-corrected chi connectivity index (χ4v) is 3.93. The lowest BCUT2D eigenvalue weighted by Crippen LogP contribution is -2.43. The number of aromatic nitrogens is 3. The number of carbonyl (C=O) groups is 1. The highest BCUT2D eigenvalue weighted by molar-refractivity contribution is 6.05. The number of hydrogen-bond donors (Lipinski definition) is 3. The Morgan fingerprint density at radius 3 is 2.89 bits per heavy atom. The van der Waals surface area contributed by atoms with Gasteiger partial charge in [0.15, 0.2) is 5.82 Å². The minimum Gasteiger partial charge on any atom is -0.366 e. The van der Waals surface area contributed by atoms with Crippen molar-refractivity contribution < 1.29 is 4.79 Å². The minimum absolute atomic E-state index is 0.366. The van der Waals surface area contributed by atoms with E-state index in [1.165, 1.54) is 24.5 Å². The summed E-state index contributed by atoms with van der Waals surface area (Å²) in [6.07, 6.45) is 7.49. The largest absolute Gasteiger partial charge is 0.366 e. The second-order valence-corrected chi connectivity index (χ2v) is 6.88. The molecule has 2 bridgehead atoms. The van der Waals surface area contributed by atoms with Crippen LogP contribution in [0.1, 0.15) is 6.42 Å². The molecule has 2 aliphatic heterocycles. The monoisotopic (exact) mass is 361 g/mol. The van der Waals surface area contributed by atoms with Crippen LogP contribution in [0.2, 0.25) is 0 Å². The van der Waals surface area contributed by atoms with E-state index in [0.717, 1.165) is 24.0 Å². The topological polar surface area (TPSA) is 95.1 Å². The van der Waals surface area contributed by atoms with Crippen molar-refractivity contribution in [2.24, 2.45) is 0 Å². The van der Waals surface area contributed by atoms with Crippen LogP contribution >= 0.6 is 0 Å². The first-order valence-electron chi connectivity index (χ1n) is 8.99. The standard InChI is InChI=1S/C19H19N7O/c27-19(25-18-10-20-5-6-22-18)24-16-3-4-21-17-8-13(1-2-15(16)17)26-11-12-7-14(26)9-23-12/h1-6,8,10,12,14,23H,7,9,11H2,(H2,21,22,24,25,27). The molecule has 2 saturated heterocycles. The predicted octanol–water partition coefficient (Wildman–Crippen LogP) is 2.22. The van der Waals surface area contributed by atoms with Gasteiger partial charge < -0.3 is 15.5 Å². The van der Waals surface area contributed by atoms with Crippen LogP contribution in [0.4, 0.5) is 22.0 Å². The van der Waals surface area contributed by atoms with Gasteiger partial charge in [-0.2, -0.15) is 0 Å². The maximum Gasteiger partial charge on any atom is 0.324 e. The van der Waals surface area contributed by atoms with Gasteiger partial charge in [0, 0.05) is 54.8 Å². The fraction of sp³-hybridized carbons (Fsp3) is 0.263. The van der Waals surface area contributed by atoms with E-state index in [9.17, 15) is 4.79 Å². The van der Waals surface area contributed by atoms with Gasteiger partial charge in [0.05, 0.1) is 17.4 Å². The van der Waals surface area contributed by atoms with Crippen molar-refractivity contribution in [1.82, 2.24) is 20.3 Å². The Balaban J connectivity index is 1.38. The summed E-state index contributed by atoms with van der Waals surface area (Å²) in [5.41, 5.74) is 2.75. The molecule has 136 valence electrons. The number of piperazine rings is 1. The molecule has 2 atom stereocenters. The third kappa shape index (κ3) is 3.04. The van der Waals surface area contributed by atoms with Crippen LogP contribution in [0.3, 0.4) is 0 Å². The molecule has 2 fully saturated rings. The van der Waals surface area contributed by atoms with Gasteiger partial charge in [-0.15, -0.1) is 0 Å². The Bertz CT molecular complexity index is 994. The molecular formula is C19H19N7O. The average molecular weight is 361 g/mol. The minimum atomic E-state index is -0.366. The van der Waals surface area contributed by atoms with Crippen molar-refractivity contribution in [2.45, 2.75) is 18.5 Å². The predicted molar refractivity (Wildman–Crippen MR) is 104 cm³/mol. The molecule has 2 aliphatic rings. The van der Waals surface area contributed by atoms with Crippen LogP contribution in [0.15, 0.2) is 49.1 Å². The zero-order chi connectivity index (χ0) is 18.2.